The summed E-state index contributed by atoms with van der Waals surface area (Å²) in [6.45, 7) is 6.12. The van der Waals surface area contributed by atoms with Crippen LogP contribution >= 0.6 is 27.3 Å². The molecule has 0 aliphatic rings. The number of aromatic nitrogens is 2. The first-order valence-corrected chi connectivity index (χ1v) is 7.19. The molecule has 2 aromatic rings. The molecule has 1 atom stereocenters. The van der Waals surface area contributed by atoms with E-state index < -0.39 is 6.10 Å². The number of aryl methyl sites for hydroxylation is 1. The number of aliphatic hydroxyl groups is 1. The summed E-state index contributed by atoms with van der Waals surface area (Å²) in [5.41, 5.74) is 2.89. The van der Waals surface area contributed by atoms with Crippen LogP contribution in [0.1, 0.15) is 42.8 Å². The molecule has 17 heavy (non-hydrogen) atoms. The van der Waals surface area contributed by atoms with E-state index in [1.807, 2.05) is 22.4 Å². The lowest BCUT2D eigenvalue weighted by atomic mass is 10.1. The number of rotatable bonds is 3. The lowest BCUT2D eigenvalue weighted by molar-refractivity contribution is 0.204. The Morgan fingerprint density at radius 3 is 2.65 bits per heavy atom. The summed E-state index contributed by atoms with van der Waals surface area (Å²) in [6.07, 6.45) is 1.11. The number of halogens is 1. The maximum Gasteiger partial charge on any atom is 0.123 e. The van der Waals surface area contributed by atoms with Gasteiger partial charge < -0.3 is 5.11 Å². The van der Waals surface area contributed by atoms with Crippen LogP contribution in [0.2, 0.25) is 0 Å². The molecule has 1 N–H and O–H groups in total. The monoisotopic (exact) mass is 314 g/mol. The van der Waals surface area contributed by atoms with E-state index in [0.29, 0.717) is 0 Å². The van der Waals surface area contributed by atoms with Gasteiger partial charge in [0.15, 0.2) is 0 Å². The van der Waals surface area contributed by atoms with E-state index in [4.69, 9.17) is 0 Å². The Balaban J connectivity index is 2.47. The second-order valence-electron chi connectivity index (χ2n) is 4.33. The zero-order valence-electron chi connectivity index (χ0n) is 10.0. The lowest BCUT2D eigenvalue weighted by Gasteiger charge is -2.16. The summed E-state index contributed by atoms with van der Waals surface area (Å²) < 4.78 is 2.70. The van der Waals surface area contributed by atoms with Gasteiger partial charge in [-0.05, 0) is 53.0 Å². The van der Waals surface area contributed by atoms with E-state index in [2.05, 4.69) is 34.9 Å². The molecule has 2 heterocycles. The van der Waals surface area contributed by atoms with Crippen molar-refractivity contribution in [3.63, 3.8) is 0 Å². The Kier molecular flexibility index (Phi) is 3.70. The van der Waals surface area contributed by atoms with Gasteiger partial charge in [0.25, 0.3) is 0 Å². The van der Waals surface area contributed by atoms with Gasteiger partial charge in [-0.25, -0.2) is 0 Å². The molecule has 2 rings (SSSR count). The molecule has 0 fully saturated rings. The predicted octanol–water partition coefficient (Wildman–Crippen LogP) is 3.68. The number of thiophene rings is 1. The van der Waals surface area contributed by atoms with Crippen LogP contribution in [0.3, 0.4) is 0 Å². The van der Waals surface area contributed by atoms with Crippen molar-refractivity contribution in [2.24, 2.45) is 0 Å². The van der Waals surface area contributed by atoms with Crippen molar-refractivity contribution in [1.82, 2.24) is 9.78 Å². The maximum atomic E-state index is 10.5. The average molecular weight is 315 g/mol. The van der Waals surface area contributed by atoms with E-state index in [-0.39, 0.29) is 6.04 Å². The molecule has 0 aromatic carbocycles. The van der Waals surface area contributed by atoms with Crippen LogP contribution in [0.15, 0.2) is 21.4 Å². The molecular weight excluding hydrogens is 300 g/mol. The maximum absolute atomic E-state index is 10.5. The smallest absolute Gasteiger partial charge is 0.123 e. The highest BCUT2D eigenvalue weighted by Gasteiger charge is 2.22. The minimum Gasteiger partial charge on any atom is -0.382 e. The molecule has 0 aliphatic heterocycles. The van der Waals surface area contributed by atoms with E-state index in [1.165, 1.54) is 0 Å². The third-order valence-electron chi connectivity index (χ3n) is 2.72. The van der Waals surface area contributed by atoms with E-state index >= 15 is 0 Å². The van der Waals surface area contributed by atoms with Crippen LogP contribution in [-0.4, -0.2) is 14.9 Å². The van der Waals surface area contributed by atoms with Crippen LogP contribution < -0.4 is 0 Å². The third-order valence-corrected chi connectivity index (χ3v) is 4.22. The third kappa shape index (κ3) is 2.32. The van der Waals surface area contributed by atoms with Crippen molar-refractivity contribution < 1.29 is 5.11 Å². The molecule has 2 aromatic heterocycles. The summed E-state index contributed by atoms with van der Waals surface area (Å²) in [6, 6.07) is 0.227. The van der Waals surface area contributed by atoms with Crippen LogP contribution in [0.5, 0.6) is 0 Å². The van der Waals surface area contributed by atoms with Crippen LogP contribution in [0, 0.1) is 6.92 Å². The average Bonchev–Trinajstić information content (AvgIpc) is 2.83. The number of hydrogen-bond acceptors (Lipinski definition) is 3. The van der Waals surface area contributed by atoms with Crippen molar-refractivity contribution in [1.29, 1.82) is 0 Å². The summed E-state index contributed by atoms with van der Waals surface area (Å²) in [7, 11) is 0. The lowest BCUT2D eigenvalue weighted by Crippen LogP contribution is -2.12. The minimum absolute atomic E-state index is 0.227. The van der Waals surface area contributed by atoms with Crippen molar-refractivity contribution >= 4 is 27.3 Å². The molecule has 0 amide bonds. The Bertz CT molecular complexity index is 518. The fraction of sp³-hybridized carbons (Fsp3) is 0.417. The van der Waals surface area contributed by atoms with Crippen molar-refractivity contribution in [3.8, 4) is 0 Å². The molecule has 1 unspecified atom stereocenters. The van der Waals surface area contributed by atoms with Gasteiger partial charge in [-0.2, -0.15) is 16.4 Å². The number of aliphatic hydroxyl groups excluding tert-OH is 1. The van der Waals surface area contributed by atoms with Crippen molar-refractivity contribution in [3.05, 3.63) is 38.3 Å². The summed E-state index contributed by atoms with van der Waals surface area (Å²) in [4.78, 5) is 0. The second kappa shape index (κ2) is 4.92. The second-order valence-corrected chi connectivity index (χ2v) is 5.93. The first kappa shape index (κ1) is 12.8. The van der Waals surface area contributed by atoms with Crippen molar-refractivity contribution in [2.45, 2.75) is 32.9 Å². The van der Waals surface area contributed by atoms with Gasteiger partial charge in [-0.1, -0.05) is 0 Å². The fourth-order valence-electron chi connectivity index (χ4n) is 1.82. The van der Waals surface area contributed by atoms with Gasteiger partial charge in [0.1, 0.15) is 6.10 Å². The SMILES string of the molecule is Cc1cscc1C(O)c1c(Br)cnn1C(C)C. The van der Waals surface area contributed by atoms with Gasteiger partial charge in [0, 0.05) is 11.6 Å². The molecule has 0 bridgehead atoms. The Morgan fingerprint density at radius 2 is 2.12 bits per heavy atom. The van der Waals surface area contributed by atoms with Crippen LogP contribution in [0.25, 0.3) is 0 Å². The molecule has 92 valence electrons. The Hall–Kier alpha value is -0.650. The topological polar surface area (TPSA) is 38.1 Å². The zero-order chi connectivity index (χ0) is 12.6. The summed E-state index contributed by atoms with van der Waals surface area (Å²) >= 11 is 5.06. The van der Waals surface area contributed by atoms with Crippen LogP contribution in [-0.2, 0) is 0 Å². The number of nitrogens with zero attached hydrogens (tertiary/aromatic N) is 2. The highest BCUT2D eigenvalue weighted by Crippen LogP contribution is 2.33. The number of hydrogen-bond donors (Lipinski definition) is 1. The molecule has 0 radical (unpaired) electrons. The normalized spacial score (nSPS) is 13.3. The zero-order valence-corrected chi connectivity index (χ0v) is 12.4. The largest absolute Gasteiger partial charge is 0.382 e. The molecule has 0 aliphatic carbocycles. The van der Waals surface area contributed by atoms with Gasteiger partial charge >= 0.3 is 0 Å². The summed E-state index contributed by atoms with van der Waals surface area (Å²) in [5, 5.41) is 18.8. The Morgan fingerprint density at radius 1 is 1.41 bits per heavy atom. The van der Waals surface area contributed by atoms with Gasteiger partial charge in [-0.3, -0.25) is 4.68 Å². The fourth-order valence-corrected chi connectivity index (χ4v) is 3.18. The standard InChI is InChI=1S/C12H15BrN2OS/c1-7(2)15-11(10(13)4-14-15)12(16)9-6-17-5-8(9)3/h4-7,12,16H,1-3H3. The highest BCUT2D eigenvalue weighted by atomic mass is 79.9. The van der Waals surface area contributed by atoms with Crippen molar-refractivity contribution in [2.75, 3.05) is 0 Å². The first-order chi connectivity index (χ1) is 8.02. The molecule has 5 heteroatoms. The van der Waals surface area contributed by atoms with E-state index in [9.17, 15) is 5.11 Å². The molecular formula is C12H15BrN2OS. The highest BCUT2D eigenvalue weighted by molar-refractivity contribution is 9.10. The first-order valence-electron chi connectivity index (χ1n) is 5.46. The minimum atomic E-state index is -0.625. The predicted molar refractivity (Wildman–Crippen MR) is 73.4 cm³/mol. The Labute approximate surface area is 113 Å². The van der Waals surface area contributed by atoms with E-state index in [0.717, 1.165) is 21.3 Å². The quantitative estimate of drug-likeness (QED) is 0.938. The van der Waals surface area contributed by atoms with Gasteiger partial charge in [0.05, 0.1) is 16.4 Å². The molecule has 3 nitrogen and oxygen atoms in total. The van der Waals surface area contributed by atoms with Gasteiger partial charge in [0.2, 0.25) is 0 Å². The molecule has 0 saturated heterocycles. The van der Waals surface area contributed by atoms with Crippen LogP contribution in [0.4, 0.5) is 0 Å². The molecule has 0 spiro atoms. The van der Waals surface area contributed by atoms with Gasteiger partial charge in [-0.15, -0.1) is 0 Å². The van der Waals surface area contributed by atoms with E-state index in [1.54, 1.807) is 17.5 Å². The summed E-state index contributed by atoms with van der Waals surface area (Å²) in [5.74, 6) is 0. The molecule has 0 saturated carbocycles.